The molecule has 0 N–H and O–H groups in total. The molecule has 1 atom stereocenters. The summed E-state index contributed by atoms with van der Waals surface area (Å²) < 4.78 is 11.5. The van der Waals surface area contributed by atoms with Crippen LogP contribution in [0.4, 0.5) is 0 Å². The molecule has 0 amide bonds. The number of aryl methyl sites for hydroxylation is 1. The van der Waals surface area contributed by atoms with Crippen LogP contribution in [0.5, 0.6) is 11.5 Å². The number of hydrogen-bond donors (Lipinski definition) is 0. The highest BCUT2D eigenvalue weighted by atomic mass is 79.9. The number of hydrogen-bond acceptors (Lipinski definition) is 2. The van der Waals surface area contributed by atoms with Crippen molar-refractivity contribution in [3.8, 4) is 11.5 Å². The van der Waals surface area contributed by atoms with Gasteiger partial charge in [-0.15, -0.1) is 11.6 Å². The van der Waals surface area contributed by atoms with Gasteiger partial charge in [-0.1, -0.05) is 27.5 Å². The summed E-state index contributed by atoms with van der Waals surface area (Å²) in [5.41, 5.74) is 2.92. The van der Waals surface area contributed by atoms with Crippen LogP contribution in [0.1, 0.15) is 22.1 Å². The zero-order valence-electron chi connectivity index (χ0n) is 11.9. The Morgan fingerprint density at radius 3 is 2.19 bits per heavy atom. The predicted molar refractivity (Wildman–Crippen MR) is 91.1 cm³/mol. The Morgan fingerprint density at radius 2 is 1.62 bits per heavy atom. The van der Waals surface area contributed by atoms with Gasteiger partial charge in [-0.2, -0.15) is 0 Å². The molecule has 2 aromatic rings. The van der Waals surface area contributed by atoms with Crippen LogP contribution < -0.4 is 9.47 Å². The van der Waals surface area contributed by atoms with Gasteiger partial charge in [0.1, 0.15) is 0 Å². The first-order valence-corrected chi connectivity index (χ1v) is 7.89. The third-order valence-electron chi connectivity index (χ3n) is 3.22. The molecule has 0 spiro atoms. The Bertz CT molecular complexity index is 639. The van der Waals surface area contributed by atoms with Gasteiger partial charge in [0.15, 0.2) is 11.5 Å². The molecule has 0 aromatic heterocycles. The third-order valence-corrected chi connectivity index (χ3v) is 4.39. The lowest BCUT2D eigenvalue weighted by Crippen LogP contribution is -2.00. The van der Waals surface area contributed by atoms with E-state index in [1.54, 1.807) is 14.2 Å². The van der Waals surface area contributed by atoms with E-state index in [4.69, 9.17) is 32.7 Å². The van der Waals surface area contributed by atoms with Gasteiger partial charge in [0.2, 0.25) is 0 Å². The number of alkyl halides is 1. The van der Waals surface area contributed by atoms with Gasteiger partial charge in [0, 0.05) is 9.50 Å². The minimum absolute atomic E-state index is 0.320. The van der Waals surface area contributed by atoms with Crippen molar-refractivity contribution in [3.63, 3.8) is 0 Å². The number of ether oxygens (including phenoxy) is 2. The van der Waals surface area contributed by atoms with Gasteiger partial charge in [0.05, 0.1) is 19.6 Å². The van der Waals surface area contributed by atoms with E-state index in [0.29, 0.717) is 16.5 Å². The molecule has 0 heterocycles. The molecule has 0 aliphatic carbocycles. The van der Waals surface area contributed by atoms with Crippen molar-refractivity contribution in [2.45, 2.75) is 12.3 Å². The van der Waals surface area contributed by atoms with Crippen LogP contribution in [-0.2, 0) is 0 Å². The topological polar surface area (TPSA) is 18.5 Å². The van der Waals surface area contributed by atoms with Crippen LogP contribution in [0, 0.1) is 6.92 Å². The number of benzene rings is 2. The number of rotatable bonds is 4. The van der Waals surface area contributed by atoms with E-state index < -0.39 is 0 Å². The zero-order chi connectivity index (χ0) is 15.6. The number of halogens is 3. The minimum atomic E-state index is -0.320. The van der Waals surface area contributed by atoms with Gasteiger partial charge >= 0.3 is 0 Å². The second-order valence-corrected chi connectivity index (χ2v) is 6.42. The molecule has 21 heavy (non-hydrogen) atoms. The molecule has 1 unspecified atom stereocenters. The van der Waals surface area contributed by atoms with Gasteiger partial charge < -0.3 is 9.47 Å². The van der Waals surface area contributed by atoms with Crippen LogP contribution in [0.25, 0.3) is 0 Å². The molecular formula is C16H15BrCl2O2. The Kier molecular flexibility index (Phi) is 5.42. The molecule has 0 aliphatic rings. The van der Waals surface area contributed by atoms with E-state index in [9.17, 15) is 0 Å². The molecule has 2 nitrogen and oxygen atoms in total. The first kappa shape index (κ1) is 16.5. The summed E-state index contributed by atoms with van der Waals surface area (Å²) in [6, 6.07) is 9.47. The first-order chi connectivity index (χ1) is 9.96. The monoisotopic (exact) mass is 388 g/mol. The second kappa shape index (κ2) is 6.91. The molecule has 112 valence electrons. The zero-order valence-corrected chi connectivity index (χ0v) is 15.0. The molecule has 0 radical (unpaired) electrons. The Labute approximate surface area is 143 Å². The summed E-state index contributed by atoms with van der Waals surface area (Å²) in [4.78, 5) is 0. The van der Waals surface area contributed by atoms with E-state index in [1.807, 2.05) is 37.3 Å². The van der Waals surface area contributed by atoms with Crippen LogP contribution >= 0.6 is 39.1 Å². The second-order valence-electron chi connectivity index (χ2n) is 4.63. The molecule has 5 heteroatoms. The Hall–Kier alpha value is -0.900. The highest BCUT2D eigenvalue weighted by Gasteiger charge is 2.18. The molecule has 0 saturated heterocycles. The Balaban J connectivity index is 2.49. The summed E-state index contributed by atoms with van der Waals surface area (Å²) >= 11 is 16.2. The van der Waals surface area contributed by atoms with Crippen molar-refractivity contribution >= 4 is 39.1 Å². The molecule has 0 bridgehead atoms. The summed E-state index contributed by atoms with van der Waals surface area (Å²) in [7, 11) is 3.22. The standard InChI is InChI=1S/C16H15BrCl2O2/c1-9-4-14(20-2)15(21-3)8-13(9)16(19)10-5-11(17)7-12(18)6-10/h4-8,16H,1-3H3. The molecule has 0 fully saturated rings. The van der Waals surface area contributed by atoms with Gasteiger partial charge in [-0.3, -0.25) is 0 Å². The largest absolute Gasteiger partial charge is 0.493 e. The van der Waals surface area contributed by atoms with E-state index in [0.717, 1.165) is 21.2 Å². The van der Waals surface area contributed by atoms with E-state index in [2.05, 4.69) is 15.9 Å². The fraction of sp³-hybridized carbons (Fsp3) is 0.250. The normalized spacial score (nSPS) is 12.1. The minimum Gasteiger partial charge on any atom is -0.493 e. The van der Waals surface area contributed by atoms with Crippen molar-refractivity contribution < 1.29 is 9.47 Å². The van der Waals surface area contributed by atoms with Crippen LogP contribution in [-0.4, -0.2) is 14.2 Å². The summed E-state index contributed by atoms with van der Waals surface area (Å²) in [5.74, 6) is 1.35. The number of methoxy groups -OCH3 is 2. The van der Waals surface area contributed by atoms with Crippen molar-refractivity contribution in [2.24, 2.45) is 0 Å². The predicted octanol–water partition coefficient (Wildman–Crippen LogP) is 5.76. The smallest absolute Gasteiger partial charge is 0.161 e. The van der Waals surface area contributed by atoms with Crippen molar-refractivity contribution in [1.29, 1.82) is 0 Å². The van der Waals surface area contributed by atoms with Crippen molar-refractivity contribution in [1.82, 2.24) is 0 Å². The van der Waals surface area contributed by atoms with Gasteiger partial charge in [-0.05, 0) is 53.9 Å². The lowest BCUT2D eigenvalue weighted by molar-refractivity contribution is 0.354. The summed E-state index contributed by atoms with van der Waals surface area (Å²) in [6.45, 7) is 1.99. The molecule has 2 rings (SSSR count). The van der Waals surface area contributed by atoms with Crippen LogP contribution in [0.15, 0.2) is 34.8 Å². The maximum Gasteiger partial charge on any atom is 0.161 e. The summed E-state index contributed by atoms with van der Waals surface area (Å²) in [5, 5.41) is 0.322. The fourth-order valence-electron chi connectivity index (χ4n) is 2.17. The molecule has 0 saturated carbocycles. The Morgan fingerprint density at radius 1 is 1.00 bits per heavy atom. The van der Waals surface area contributed by atoms with Crippen LogP contribution in [0.2, 0.25) is 5.02 Å². The average molecular weight is 390 g/mol. The van der Waals surface area contributed by atoms with Gasteiger partial charge in [0.25, 0.3) is 0 Å². The third kappa shape index (κ3) is 3.65. The average Bonchev–Trinajstić information content (AvgIpc) is 2.45. The highest BCUT2D eigenvalue weighted by molar-refractivity contribution is 9.10. The summed E-state index contributed by atoms with van der Waals surface area (Å²) in [6.07, 6.45) is 0. The van der Waals surface area contributed by atoms with Crippen LogP contribution in [0.3, 0.4) is 0 Å². The van der Waals surface area contributed by atoms with Crippen molar-refractivity contribution in [3.05, 3.63) is 56.5 Å². The molecular weight excluding hydrogens is 375 g/mol. The maximum absolute atomic E-state index is 6.63. The fourth-order valence-corrected chi connectivity index (χ4v) is 3.42. The SMILES string of the molecule is COc1cc(C)c(C(Cl)c2cc(Cl)cc(Br)c2)cc1OC. The highest BCUT2D eigenvalue weighted by Crippen LogP contribution is 2.39. The van der Waals surface area contributed by atoms with E-state index in [-0.39, 0.29) is 5.38 Å². The molecule has 0 aliphatic heterocycles. The van der Waals surface area contributed by atoms with E-state index in [1.165, 1.54) is 0 Å². The molecule has 2 aromatic carbocycles. The van der Waals surface area contributed by atoms with Crippen molar-refractivity contribution in [2.75, 3.05) is 14.2 Å². The maximum atomic E-state index is 6.63. The lowest BCUT2D eigenvalue weighted by atomic mass is 9.99. The lowest BCUT2D eigenvalue weighted by Gasteiger charge is -2.17. The first-order valence-electron chi connectivity index (χ1n) is 6.29. The van der Waals surface area contributed by atoms with Gasteiger partial charge in [-0.25, -0.2) is 0 Å². The van der Waals surface area contributed by atoms with E-state index >= 15 is 0 Å². The quantitative estimate of drug-likeness (QED) is 0.619.